The van der Waals surface area contributed by atoms with Gasteiger partial charge in [0.25, 0.3) is 5.91 Å². The molecular formula is C30H42ClF3N4O4. The number of amides is 1. The van der Waals surface area contributed by atoms with Crippen molar-refractivity contribution in [3.63, 3.8) is 0 Å². The Balaban J connectivity index is 0.000000287. The molecule has 0 radical (unpaired) electrons. The van der Waals surface area contributed by atoms with Crippen LogP contribution in [0.4, 0.5) is 19.0 Å². The lowest BCUT2D eigenvalue weighted by Gasteiger charge is -2.33. The maximum absolute atomic E-state index is 12.0. The second-order valence-corrected chi connectivity index (χ2v) is 11.2. The van der Waals surface area contributed by atoms with Crippen molar-refractivity contribution in [2.24, 2.45) is 5.92 Å². The third-order valence-electron chi connectivity index (χ3n) is 6.78. The van der Waals surface area contributed by atoms with Crippen LogP contribution in [-0.4, -0.2) is 92.7 Å². The van der Waals surface area contributed by atoms with Crippen molar-refractivity contribution in [1.82, 2.24) is 14.8 Å². The van der Waals surface area contributed by atoms with Crippen LogP contribution in [-0.2, 0) is 4.79 Å². The number of rotatable bonds is 10. The normalized spacial score (nSPS) is 15.7. The summed E-state index contributed by atoms with van der Waals surface area (Å²) in [6, 6.07) is 10.7. The molecular weight excluding hydrogens is 573 g/mol. The number of alkyl halides is 3. The number of carbonyl (C=O) groups excluding carboxylic acids is 2. The van der Waals surface area contributed by atoms with Gasteiger partial charge in [0, 0.05) is 27.2 Å². The Morgan fingerprint density at radius 1 is 1.12 bits per heavy atom. The zero-order valence-electron chi connectivity index (χ0n) is 24.7. The van der Waals surface area contributed by atoms with Crippen molar-refractivity contribution in [3.05, 3.63) is 52.7 Å². The Hall–Kier alpha value is -2.89. The molecule has 2 heterocycles. The SMILES string of the molecule is CN(C)CCCC1CCN(c2ccc(C(=O)N(C)C)c(Cl)n2)CC1.FC(F)F.O=CC(O)c1cccc(OC2CC2)c1. The molecule has 0 bridgehead atoms. The van der Waals surface area contributed by atoms with Crippen molar-refractivity contribution in [2.45, 2.75) is 57.4 Å². The number of ether oxygens (including phenoxy) is 1. The summed E-state index contributed by atoms with van der Waals surface area (Å²) in [5.41, 5.74) is 1.04. The van der Waals surface area contributed by atoms with Gasteiger partial charge in [-0.25, -0.2) is 4.98 Å². The summed E-state index contributed by atoms with van der Waals surface area (Å²) in [5.74, 6) is 2.30. The molecule has 42 heavy (non-hydrogen) atoms. The summed E-state index contributed by atoms with van der Waals surface area (Å²) in [6.45, 7) is -0.480. The van der Waals surface area contributed by atoms with Crippen LogP contribution in [0.15, 0.2) is 36.4 Å². The number of aromatic nitrogens is 1. The number of anilines is 1. The van der Waals surface area contributed by atoms with E-state index in [1.54, 1.807) is 38.4 Å². The van der Waals surface area contributed by atoms with E-state index < -0.39 is 12.8 Å². The topological polar surface area (TPSA) is 86.2 Å². The number of aldehydes is 1. The van der Waals surface area contributed by atoms with E-state index in [1.165, 1.54) is 37.1 Å². The van der Waals surface area contributed by atoms with Crippen LogP contribution in [0.25, 0.3) is 0 Å². The van der Waals surface area contributed by atoms with Gasteiger partial charge in [0.05, 0.1) is 11.7 Å². The van der Waals surface area contributed by atoms with Crippen LogP contribution in [0.3, 0.4) is 0 Å². The Labute approximate surface area is 251 Å². The molecule has 4 rings (SSSR count). The van der Waals surface area contributed by atoms with Gasteiger partial charge in [-0.2, -0.15) is 13.2 Å². The average Bonchev–Trinajstić information content (AvgIpc) is 3.76. The average molecular weight is 615 g/mol. The Bertz CT molecular complexity index is 1110. The van der Waals surface area contributed by atoms with Crippen molar-refractivity contribution >= 4 is 29.6 Å². The summed E-state index contributed by atoms with van der Waals surface area (Å²) >= 11 is 6.22. The maximum atomic E-state index is 12.0. The van der Waals surface area contributed by atoms with Gasteiger partial charge in [-0.15, -0.1) is 0 Å². The lowest BCUT2D eigenvalue weighted by atomic mass is 9.92. The highest BCUT2D eigenvalue weighted by molar-refractivity contribution is 6.32. The first-order valence-electron chi connectivity index (χ1n) is 14.0. The van der Waals surface area contributed by atoms with Gasteiger partial charge >= 0.3 is 6.68 Å². The van der Waals surface area contributed by atoms with Crippen molar-refractivity contribution in [2.75, 3.05) is 52.7 Å². The molecule has 1 saturated heterocycles. The van der Waals surface area contributed by atoms with Gasteiger partial charge in [-0.3, -0.25) is 4.79 Å². The molecule has 1 aliphatic carbocycles. The first-order valence-corrected chi connectivity index (χ1v) is 14.4. The monoisotopic (exact) mass is 614 g/mol. The number of carbonyl (C=O) groups is 2. The van der Waals surface area contributed by atoms with Crippen LogP contribution < -0.4 is 9.64 Å². The number of nitrogens with zero attached hydrogens (tertiary/aromatic N) is 4. The highest BCUT2D eigenvalue weighted by Gasteiger charge is 2.24. The Morgan fingerprint density at radius 3 is 2.29 bits per heavy atom. The van der Waals surface area contributed by atoms with E-state index >= 15 is 0 Å². The predicted octanol–water partition coefficient (Wildman–Crippen LogP) is 5.63. The second kappa shape index (κ2) is 17.9. The third-order valence-corrected chi connectivity index (χ3v) is 7.07. The number of aliphatic hydroxyl groups excluding tert-OH is 1. The minimum atomic E-state index is -3.67. The van der Waals surface area contributed by atoms with Crippen LogP contribution in [0.2, 0.25) is 5.15 Å². The fourth-order valence-electron chi connectivity index (χ4n) is 4.38. The van der Waals surface area contributed by atoms with E-state index in [4.69, 9.17) is 16.3 Å². The standard InChI is InChI=1S/C18H29ClN4O.C11H12O3.CHF3/c1-21(2)11-5-6-14-9-12-23(13-10-14)16-8-7-15(17(19)20-16)18(24)22(3)4;12-7-11(13)8-2-1-3-10(6-8)14-9-4-5-9;2-1(3)4/h7-8,14H,5-6,9-13H2,1-4H3;1-3,6-7,9,11,13H,4-5H2;1H. The number of hydrogen-bond acceptors (Lipinski definition) is 7. The number of piperidine rings is 1. The number of pyridine rings is 1. The molecule has 0 spiro atoms. The molecule has 1 N–H and O–H groups in total. The minimum Gasteiger partial charge on any atom is -0.490 e. The Kier molecular flexibility index (Phi) is 15.1. The van der Waals surface area contributed by atoms with Crippen molar-refractivity contribution in [1.29, 1.82) is 0 Å². The summed E-state index contributed by atoms with van der Waals surface area (Å²) in [6.07, 6.45) is 6.96. The van der Waals surface area contributed by atoms with E-state index in [9.17, 15) is 27.9 Å². The molecule has 1 amide bonds. The van der Waals surface area contributed by atoms with E-state index in [2.05, 4.69) is 28.9 Å². The van der Waals surface area contributed by atoms with Crippen LogP contribution in [0, 0.1) is 5.92 Å². The Morgan fingerprint density at radius 2 is 1.76 bits per heavy atom. The van der Waals surface area contributed by atoms with Crippen molar-refractivity contribution in [3.8, 4) is 5.75 Å². The lowest BCUT2D eigenvalue weighted by Crippen LogP contribution is -2.34. The molecule has 2 aliphatic rings. The molecule has 1 unspecified atom stereocenters. The van der Waals surface area contributed by atoms with Gasteiger partial charge in [0.15, 0.2) is 6.29 Å². The molecule has 1 atom stereocenters. The number of aliphatic hydroxyl groups is 1. The predicted molar refractivity (Wildman–Crippen MR) is 158 cm³/mol. The van der Waals surface area contributed by atoms with Crippen LogP contribution in [0.1, 0.15) is 60.6 Å². The van der Waals surface area contributed by atoms with Gasteiger partial charge < -0.3 is 29.3 Å². The minimum absolute atomic E-state index is 0.112. The molecule has 1 aromatic carbocycles. The zero-order chi connectivity index (χ0) is 31.2. The summed E-state index contributed by atoms with van der Waals surface area (Å²) in [5, 5.41) is 9.57. The zero-order valence-corrected chi connectivity index (χ0v) is 25.4. The fourth-order valence-corrected chi connectivity index (χ4v) is 4.61. The highest BCUT2D eigenvalue weighted by Crippen LogP contribution is 2.28. The first-order chi connectivity index (χ1) is 19.9. The molecule has 2 fully saturated rings. The van der Waals surface area contributed by atoms with E-state index in [0.717, 1.165) is 43.4 Å². The smallest absolute Gasteiger partial charge is 0.379 e. The summed E-state index contributed by atoms with van der Waals surface area (Å²) in [7, 11) is 7.69. The number of halogens is 4. The molecule has 234 valence electrons. The molecule has 1 aliphatic heterocycles. The molecule has 1 aromatic heterocycles. The third kappa shape index (κ3) is 13.0. The van der Waals surface area contributed by atoms with E-state index in [0.29, 0.717) is 28.7 Å². The van der Waals surface area contributed by atoms with E-state index in [-0.39, 0.29) is 5.91 Å². The van der Waals surface area contributed by atoms with Gasteiger partial charge in [0.1, 0.15) is 22.8 Å². The molecule has 1 saturated carbocycles. The van der Waals surface area contributed by atoms with Gasteiger partial charge in [-0.1, -0.05) is 23.7 Å². The molecule has 12 heteroatoms. The number of benzene rings is 1. The quantitative estimate of drug-likeness (QED) is 0.274. The lowest BCUT2D eigenvalue weighted by molar-refractivity contribution is -0.115. The summed E-state index contributed by atoms with van der Waals surface area (Å²) < 4.78 is 34.5. The largest absolute Gasteiger partial charge is 0.490 e. The maximum Gasteiger partial charge on any atom is 0.379 e. The van der Waals surface area contributed by atoms with Gasteiger partial charge in [-0.05, 0) is 94.9 Å². The highest BCUT2D eigenvalue weighted by atomic mass is 35.5. The fraction of sp³-hybridized carbons (Fsp3) is 0.567. The summed E-state index contributed by atoms with van der Waals surface area (Å²) in [4.78, 5) is 32.9. The second-order valence-electron chi connectivity index (χ2n) is 10.8. The molecule has 2 aromatic rings. The van der Waals surface area contributed by atoms with Crippen LogP contribution in [0.5, 0.6) is 5.75 Å². The first kappa shape index (κ1) is 35.3. The molecule has 8 nitrogen and oxygen atoms in total. The van der Waals surface area contributed by atoms with Crippen LogP contribution >= 0.6 is 11.6 Å². The van der Waals surface area contributed by atoms with Crippen molar-refractivity contribution < 1.29 is 32.6 Å². The van der Waals surface area contributed by atoms with Gasteiger partial charge in [0.2, 0.25) is 0 Å². The van der Waals surface area contributed by atoms with E-state index in [1.807, 2.05) is 12.1 Å². The number of hydrogen-bond donors (Lipinski definition) is 1.